The Kier molecular flexibility index (Phi) is 5.61. The summed E-state index contributed by atoms with van der Waals surface area (Å²) in [5.74, 6) is 0.115. The number of aryl methyl sites for hydroxylation is 1. The van der Waals surface area contributed by atoms with Gasteiger partial charge in [0.1, 0.15) is 5.69 Å². The van der Waals surface area contributed by atoms with E-state index in [9.17, 15) is 9.59 Å². The Morgan fingerprint density at radius 1 is 1.38 bits per heavy atom. The molecule has 0 radical (unpaired) electrons. The van der Waals surface area contributed by atoms with E-state index in [0.29, 0.717) is 18.0 Å². The highest BCUT2D eigenvalue weighted by atomic mass is 16.5. The summed E-state index contributed by atoms with van der Waals surface area (Å²) in [5.41, 5.74) is 2.66. The highest BCUT2D eigenvalue weighted by molar-refractivity contribution is 6.11. The standard InChI is InChI=1S/C20H27N3O3/c1-13-6-7-16-15(11-13)18(19(21-16)20(25)26-3)22-17(24)8-10-23-9-4-5-14(2)12-23/h6-7,11,14,21H,4-5,8-10,12H2,1-3H3,(H,22,24)/t14-/m0/s1. The molecule has 6 nitrogen and oxygen atoms in total. The molecule has 0 spiro atoms. The lowest BCUT2D eigenvalue weighted by Crippen LogP contribution is -2.36. The fraction of sp³-hybridized carbons (Fsp3) is 0.500. The van der Waals surface area contributed by atoms with Crippen molar-refractivity contribution in [2.45, 2.75) is 33.1 Å². The first-order valence-corrected chi connectivity index (χ1v) is 9.20. The molecule has 6 heteroatoms. The summed E-state index contributed by atoms with van der Waals surface area (Å²) in [7, 11) is 1.34. The maximum absolute atomic E-state index is 12.5. The molecule has 26 heavy (non-hydrogen) atoms. The summed E-state index contributed by atoms with van der Waals surface area (Å²) in [6.45, 7) is 7.08. The highest BCUT2D eigenvalue weighted by Gasteiger charge is 2.21. The van der Waals surface area contributed by atoms with E-state index in [0.717, 1.165) is 36.1 Å². The van der Waals surface area contributed by atoms with Gasteiger partial charge in [-0.3, -0.25) is 4.79 Å². The topological polar surface area (TPSA) is 74.4 Å². The Labute approximate surface area is 153 Å². The summed E-state index contributed by atoms with van der Waals surface area (Å²) >= 11 is 0. The van der Waals surface area contributed by atoms with Crippen LogP contribution in [-0.2, 0) is 9.53 Å². The number of fused-ring (bicyclic) bond motifs is 1. The molecule has 0 saturated carbocycles. The lowest BCUT2D eigenvalue weighted by atomic mass is 10.0. The maximum atomic E-state index is 12.5. The number of anilines is 1. The lowest BCUT2D eigenvalue weighted by Gasteiger charge is -2.30. The van der Waals surface area contributed by atoms with Crippen molar-refractivity contribution in [2.24, 2.45) is 5.92 Å². The number of nitrogens with zero attached hydrogens (tertiary/aromatic N) is 1. The number of H-pyrrole nitrogens is 1. The molecule has 0 aliphatic carbocycles. The minimum atomic E-state index is -0.487. The number of piperidine rings is 1. The Hall–Kier alpha value is -2.34. The normalized spacial score (nSPS) is 18.0. The minimum Gasteiger partial charge on any atom is -0.464 e. The Morgan fingerprint density at radius 3 is 2.92 bits per heavy atom. The average molecular weight is 357 g/mol. The number of hydrogen-bond acceptors (Lipinski definition) is 4. The van der Waals surface area contributed by atoms with E-state index >= 15 is 0 Å². The molecule has 1 aliphatic heterocycles. The van der Waals surface area contributed by atoms with Crippen molar-refractivity contribution in [2.75, 3.05) is 32.1 Å². The second-order valence-electron chi connectivity index (χ2n) is 7.26. The second-order valence-corrected chi connectivity index (χ2v) is 7.26. The number of nitrogens with one attached hydrogen (secondary N) is 2. The number of hydrogen-bond donors (Lipinski definition) is 2. The van der Waals surface area contributed by atoms with E-state index < -0.39 is 5.97 Å². The first-order chi connectivity index (χ1) is 12.5. The monoisotopic (exact) mass is 357 g/mol. The molecule has 0 bridgehead atoms. The van der Waals surface area contributed by atoms with Gasteiger partial charge in [0, 0.05) is 30.4 Å². The SMILES string of the molecule is COC(=O)c1[nH]c2ccc(C)cc2c1NC(=O)CCN1CCC[C@H](C)C1. The van der Waals surface area contributed by atoms with Gasteiger partial charge in [-0.25, -0.2) is 4.79 Å². The van der Waals surface area contributed by atoms with Gasteiger partial charge in [-0.2, -0.15) is 0 Å². The van der Waals surface area contributed by atoms with Crippen LogP contribution in [0.1, 0.15) is 42.2 Å². The number of benzene rings is 1. The van der Waals surface area contributed by atoms with Crippen LogP contribution >= 0.6 is 0 Å². The number of rotatable bonds is 5. The first kappa shape index (κ1) is 18.5. The van der Waals surface area contributed by atoms with Crippen LogP contribution in [0.25, 0.3) is 10.9 Å². The number of likely N-dealkylation sites (tertiary alicyclic amines) is 1. The zero-order valence-corrected chi connectivity index (χ0v) is 15.7. The van der Waals surface area contributed by atoms with Gasteiger partial charge in [0.05, 0.1) is 12.8 Å². The number of amides is 1. The van der Waals surface area contributed by atoms with Crippen LogP contribution in [0.3, 0.4) is 0 Å². The number of carbonyl (C=O) groups is 2. The van der Waals surface area contributed by atoms with Gasteiger partial charge >= 0.3 is 5.97 Å². The summed E-state index contributed by atoms with van der Waals surface area (Å²) in [6.07, 6.45) is 2.86. The van der Waals surface area contributed by atoms with Crippen molar-refractivity contribution >= 4 is 28.5 Å². The van der Waals surface area contributed by atoms with Crippen LogP contribution in [0.4, 0.5) is 5.69 Å². The van der Waals surface area contributed by atoms with Crippen LogP contribution < -0.4 is 5.32 Å². The van der Waals surface area contributed by atoms with Crippen molar-refractivity contribution in [3.63, 3.8) is 0 Å². The molecule has 2 heterocycles. The average Bonchev–Trinajstić information content (AvgIpc) is 2.97. The third-order valence-corrected chi connectivity index (χ3v) is 5.00. The largest absolute Gasteiger partial charge is 0.464 e. The van der Waals surface area contributed by atoms with Gasteiger partial charge in [-0.1, -0.05) is 18.6 Å². The maximum Gasteiger partial charge on any atom is 0.356 e. The fourth-order valence-electron chi connectivity index (χ4n) is 3.64. The summed E-state index contributed by atoms with van der Waals surface area (Å²) in [4.78, 5) is 30.0. The number of aromatic amines is 1. The van der Waals surface area contributed by atoms with E-state index in [1.807, 2.05) is 25.1 Å². The van der Waals surface area contributed by atoms with E-state index in [1.54, 1.807) is 0 Å². The molecule has 1 aromatic carbocycles. The molecular formula is C20H27N3O3. The van der Waals surface area contributed by atoms with Crippen LogP contribution in [0.15, 0.2) is 18.2 Å². The van der Waals surface area contributed by atoms with Gasteiger partial charge in [0.15, 0.2) is 0 Å². The zero-order valence-electron chi connectivity index (χ0n) is 15.7. The number of ether oxygens (including phenoxy) is 1. The Bertz CT molecular complexity index is 812. The summed E-state index contributed by atoms with van der Waals surface area (Å²) in [6, 6.07) is 5.82. The summed E-state index contributed by atoms with van der Waals surface area (Å²) < 4.78 is 4.86. The molecular weight excluding hydrogens is 330 g/mol. The van der Waals surface area contributed by atoms with Gasteiger partial charge in [0.25, 0.3) is 0 Å². The molecule has 0 unspecified atom stereocenters. The van der Waals surface area contributed by atoms with E-state index in [1.165, 1.54) is 20.0 Å². The van der Waals surface area contributed by atoms with Crippen molar-refractivity contribution in [1.29, 1.82) is 0 Å². The van der Waals surface area contributed by atoms with E-state index in [4.69, 9.17) is 4.74 Å². The number of esters is 1. The molecule has 3 rings (SSSR count). The molecule has 1 aromatic heterocycles. The molecule has 2 aromatic rings. The number of aromatic nitrogens is 1. The highest BCUT2D eigenvalue weighted by Crippen LogP contribution is 2.29. The predicted molar refractivity (Wildman–Crippen MR) is 102 cm³/mol. The Morgan fingerprint density at radius 2 is 2.19 bits per heavy atom. The predicted octanol–water partition coefficient (Wildman–Crippen LogP) is 3.32. The van der Waals surface area contributed by atoms with E-state index in [2.05, 4.69) is 22.1 Å². The molecule has 1 atom stereocenters. The van der Waals surface area contributed by atoms with Gasteiger partial charge in [0.2, 0.25) is 5.91 Å². The Balaban J connectivity index is 1.75. The van der Waals surface area contributed by atoms with Crippen LogP contribution in [0.5, 0.6) is 0 Å². The molecule has 2 N–H and O–H groups in total. The fourth-order valence-corrected chi connectivity index (χ4v) is 3.64. The summed E-state index contributed by atoms with van der Waals surface area (Å²) in [5, 5.41) is 3.75. The second kappa shape index (κ2) is 7.91. The van der Waals surface area contributed by atoms with Gasteiger partial charge < -0.3 is 19.9 Å². The molecule has 1 amide bonds. The van der Waals surface area contributed by atoms with Crippen molar-refractivity contribution in [3.8, 4) is 0 Å². The van der Waals surface area contributed by atoms with Gasteiger partial charge in [-0.05, 0) is 44.4 Å². The number of methoxy groups -OCH3 is 1. The smallest absolute Gasteiger partial charge is 0.356 e. The van der Waals surface area contributed by atoms with E-state index in [-0.39, 0.29) is 11.6 Å². The van der Waals surface area contributed by atoms with Crippen molar-refractivity contribution in [3.05, 3.63) is 29.5 Å². The molecule has 1 fully saturated rings. The van der Waals surface area contributed by atoms with Crippen LogP contribution in [-0.4, -0.2) is 48.5 Å². The molecule has 140 valence electrons. The lowest BCUT2D eigenvalue weighted by molar-refractivity contribution is -0.116. The quantitative estimate of drug-likeness (QED) is 0.805. The molecule has 1 aliphatic rings. The van der Waals surface area contributed by atoms with Gasteiger partial charge in [-0.15, -0.1) is 0 Å². The van der Waals surface area contributed by atoms with Crippen molar-refractivity contribution < 1.29 is 14.3 Å². The third kappa shape index (κ3) is 4.07. The van der Waals surface area contributed by atoms with Crippen LogP contribution in [0, 0.1) is 12.8 Å². The third-order valence-electron chi connectivity index (χ3n) is 5.00. The molecule has 1 saturated heterocycles. The van der Waals surface area contributed by atoms with Crippen molar-refractivity contribution in [1.82, 2.24) is 9.88 Å². The van der Waals surface area contributed by atoms with Crippen LogP contribution in [0.2, 0.25) is 0 Å². The minimum absolute atomic E-state index is 0.0872. The number of carbonyl (C=O) groups excluding carboxylic acids is 2. The zero-order chi connectivity index (χ0) is 18.7. The first-order valence-electron chi connectivity index (χ1n) is 9.20.